The number of nitrogens with zero attached hydrogens (tertiary/aromatic N) is 2. The van der Waals surface area contributed by atoms with Crippen molar-refractivity contribution in [1.29, 1.82) is 0 Å². The molecule has 2 amide bonds. The number of halogens is 1. The Bertz CT molecular complexity index is 1390. The number of sulfonamides is 1. The van der Waals surface area contributed by atoms with E-state index in [9.17, 15) is 22.4 Å². The minimum atomic E-state index is -4.32. The number of hydrogen-bond donors (Lipinski definition) is 1. The number of carbonyl (C=O) groups is 2. The van der Waals surface area contributed by atoms with E-state index >= 15 is 0 Å². The zero-order valence-electron chi connectivity index (χ0n) is 23.0. The summed E-state index contributed by atoms with van der Waals surface area (Å²) >= 11 is 0. The highest BCUT2D eigenvalue weighted by atomic mass is 32.2. The van der Waals surface area contributed by atoms with Crippen molar-refractivity contribution in [3.8, 4) is 0 Å². The first-order valence-electron chi connectivity index (χ1n) is 12.9. The van der Waals surface area contributed by atoms with Crippen LogP contribution in [0.5, 0.6) is 0 Å². The molecule has 0 saturated carbocycles. The summed E-state index contributed by atoms with van der Waals surface area (Å²) in [6.07, 6.45) is 0.709. The summed E-state index contributed by atoms with van der Waals surface area (Å²) in [5.74, 6) is -1.78. The summed E-state index contributed by atoms with van der Waals surface area (Å²) in [6, 6.07) is 18.0. The number of benzene rings is 3. The maximum atomic E-state index is 15.0. The SMILES string of the molecule is CC[C@H](C)NC(=O)[C@H](C)N(Cc1ccc(C)cc1)C(=O)CN(c1ccccc1F)S(=O)(=O)c1ccc(C)cc1. The lowest BCUT2D eigenvalue weighted by atomic mass is 10.1. The maximum Gasteiger partial charge on any atom is 0.264 e. The number of anilines is 1. The lowest BCUT2D eigenvalue weighted by Gasteiger charge is -2.32. The van der Waals surface area contributed by atoms with Gasteiger partial charge in [-0.15, -0.1) is 0 Å². The Kier molecular flexibility index (Phi) is 9.86. The van der Waals surface area contributed by atoms with Crippen molar-refractivity contribution in [3.63, 3.8) is 0 Å². The van der Waals surface area contributed by atoms with E-state index < -0.39 is 34.3 Å². The Morgan fingerprint density at radius 3 is 2.03 bits per heavy atom. The lowest BCUT2D eigenvalue weighted by Crippen LogP contribution is -2.52. The largest absolute Gasteiger partial charge is 0.352 e. The molecular weight excluding hydrogens is 517 g/mol. The van der Waals surface area contributed by atoms with Crippen LogP contribution in [0.15, 0.2) is 77.7 Å². The Hall–Kier alpha value is -3.72. The standard InChI is InChI=1S/C30H36FN3O4S/c1-6-23(4)32-30(36)24(5)33(19-25-15-11-21(2)12-16-25)29(35)20-34(28-10-8-7-9-27(28)31)39(37,38)26-17-13-22(3)14-18-26/h7-18,23-24H,6,19-20H2,1-5H3,(H,32,36)/t23-,24-/m0/s1. The van der Waals surface area contributed by atoms with Gasteiger partial charge in [0.15, 0.2) is 0 Å². The Balaban J connectivity index is 2.03. The predicted molar refractivity (Wildman–Crippen MR) is 151 cm³/mol. The predicted octanol–water partition coefficient (Wildman–Crippen LogP) is 4.97. The van der Waals surface area contributed by atoms with E-state index in [0.29, 0.717) is 6.42 Å². The van der Waals surface area contributed by atoms with Crippen LogP contribution in [0.25, 0.3) is 0 Å². The molecule has 9 heteroatoms. The van der Waals surface area contributed by atoms with Crippen molar-refractivity contribution in [2.75, 3.05) is 10.8 Å². The van der Waals surface area contributed by atoms with Gasteiger partial charge in [0.1, 0.15) is 18.4 Å². The highest BCUT2D eigenvalue weighted by Crippen LogP contribution is 2.27. The number of amides is 2. The van der Waals surface area contributed by atoms with Gasteiger partial charge in [0.2, 0.25) is 11.8 Å². The molecule has 0 bridgehead atoms. The van der Waals surface area contributed by atoms with Gasteiger partial charge in [-0.3, -0.25) is 13.9 Å². The molecule has 0 aromatic heterocycles. The van der Waals surface area contributed by atoms with Crippen molar-refractivity contribution in [2.24, 2.45) is 0 Å². The summed E-state index contributed by atoms with van der Waals surface area (Å²) < 4.78 is 43.2. The lowest BCUT2D eigenvalue weighted by molar-refractivity contribution is -0.139. The third-order valence-electron chi connectivity index (χ3n) is 6.65. The van der Waals surface area contributed by atoms with Crippen LogP contribution >= 0.6 is 0 Å². The zero-order valence-corrected chi connectivity index (χ0v) is 23.8. The average Bonchev–Trinajstić information content (AvgIpc) is 2.91. The quantitative estimate of drug-likeness (QED) is 0.363. The fraction of sp³-hybridized carbons (Fsp3) is 0.333. The van der Waals surface area contributed by atoms with Gasteiger partial charge in [-0.2, -0.15) is 0 Å². The molecule has 0 saturated heterocycles. The molecule has 208 valence electrons. The third-order valence-corrected chi connectivity index (χ3v) is 8.42. The van der Waals surface area contributed by atoms with Crippen molar-refractivity contribution in [1.82, 2.24) is 10.2 Å². The molecule has 0 aliphatic rings. The van der Waals surface area contributed by atoms with Gasteiger partial charge in [-0.05, 0) is 63.9 Å². The second-order valence-corrected chi connectivity index (χ2v) is 11.6. The molecular formula is C30H36FN3O4S. The van der Waals surface area contributed by atoms with Gasteiger partial charge in [-0.25, -0.2) is 12.8 Å². The summed E-state index contributed by atoms with van der Waals surface area (Å²) in [7, 11) is -4.32. The van der Waals surface area contributed by atoms with E-state index in [1.54, 1.807) is 19.1 Å². The van der Waals surface area contributed by atoms with Crippen LogP contribution in [0.3, 0.4) is 0 Å². The van der Waals surface area contributed by atoms with Gasteiger partial charge < -0.3 is 10.2 Å². The number of aryl methyl sites for hydroxylation is 2. The van der Waals surface area contributed by atoms with Crippen LogP contribution in [0.2, 0.25) is 0 Å². The Labute approximate surface area is 230 Å². The molecule has 1 N–H and O–H groups in total. The first kappa shape index (κ1) is 29.8. The normalized spacial score (nSPS) is 12.9. The first-order chi connectivity index (χ1) is 18.4. The molecule has 3 aromatic carbocycles. The highest BCUT2D eigenvalue weighted by Gasteiger charge is 2.33. The molecule has 3 rings (SSSR count). The summed E-state index contributed by atoms with van der Waals surface area (Å²) in [5, 5.41) is 2.89. The summed E-state index contributed by atoms with van der Waals surface area (Å²) in [4.78, 5) is 28.2. The molecule has 3 aromatic rings. The number of rotatable bonds is 11. The molecule has 0 spiro atoms. The fourth-order valence-electron chi connectivity index (χ4n) is 3.94. The number of para-hydroxylation sites is 1. The van der Waals surface area contributed by atoms with E-state index in [0.717, 1.165) is 27.1 Å². The first-order valence-corrected chi connectivity index (χ1v) is 14.4. The Morgan fingerprint density at radius 1 is 0.897 bits per heavy atom. The molecule has 0 fully saturated rings. The van der Waals surface area contributed by atoms with Crippen LogP contribution in [0.4, 0.5) is 10.1 Å². The third kappa shape index (κ3) is 7.44. The number of carbonyl (C=O) groups excluding carboxylic acids is 2. The van der Waals surface area contributed by atoms with Crippen molar-refractivity contribution < 1.29 is 22.4 Å². The molecule has 0 unspecified atom stereocenters. The van der Waals surface area contributed by atoms with E-state index in [4.69, 9.17) is 0 Å². The van der Waals surface area contributed by atoms with Crippen molar-refractivity contribution >= 4 is 27.5 Å². The highest BCUT2D eigenvalue weighted by molar-refractivity contribution is 7.92. The minimum Gasteiger partial charge on any atom is -0.352 e. The molecule has 0 aliphatic heterocycles. The molecule has 39 heavy (non-hydrogen) atoms. The molecule has 7 nitrogen and oxygen atoms in total. The second kappa shape index (κ2) is 12.9. The van der Waals surface area contributed by atoms with E-state index in [1.165, 1.54) is 35.2 Å². The summed E-state index contributed by atoms with van der Waals surface area (Å²) in [6.45, 7) is 8.55. The molecule has 0 aliphatic carbocycles. The average molecular weight is 554 g/mol. The van der Waals surface area contributed by atoms with Crippen LogP contribution in [0.1, 0.15) is 43.9 Å². The van der Waals surface area contributed by atoms with Crippen LogP contribution < -0.4 is 9.62 Å². The second-order valence-electron chi connectivity index (χ2n) is 9.78. The monoisotopic (exact) mass is 553 g/mol. The number of nitrogens with one attached hydrogen (secondary N) is 1. The van der Waals surface area contributed by atoms with Gasteiger partial charge in [0, 0.05) is 12.6 Å². The topological polar surface area (TPSA) is 86.8 Å². The number of hydrogen-bond acceptors (Lipinski definition) is 4. The molecule has 0 heterocycles. The van der Waals surface area contributed by atoms with E-state index in [1.807, 2.05) is 52.0 Å². The molecule has 0 radical (unpaired) electrons. The molecule has 2 atom stereocenters. The van der Waals surface area contributed by atoms with E-state index in [-0.39, 0.29) is 29.1 Å². The zero-order chi connectivity index (χ0) is 28.7. The van der Waals surface area contributed by atoms with Crippen molar-refractivity contribution in [3.05, 3.63) is 95.3 Å². The van der Waals surface area contributed by atoms with Crippen LogP contribution in [0, 0.1) is 19.7 Å². The van der Waals surface area contributed by atoms with Gasteiger partial charge in [0.25, 0.3) is 10.0 Å². The van der Waals surface area contributed by atoms with Crippen LogP contribution in [-0.2, 0) is 26.2 Å². The fourth-order valence-corrected chi connectivity index (χ4v) is 5.37. The minimum absolute atomic E-state index is 0.0724. The Morgan fingerprint density at radius 2 is 1.46 bits per heavy atom. The van der Waals surface area contributed by atoms with Gasteiger partial charge in [0.05, 0.1) is 10.6 Å². The van der Waals surface area contributed by atoms with Crippen molar-refractivity contribution in [2.45, 2.75) is 64.6 Å². The smallest absolute Gasteiger partial charge is 0.264 e. The van der Waals surface area contributed by atoms with Crippen LogP contribution in [-0.4, -0.2) is 43.8 Å². The summed E-state index contributed by atoms with van der Waals surface area (Å²) in [5.41, 5.74) is 2.41. The van der Waals surface area contributed by atoms with Gasteiger partial charge >= 0.3 is 0 Å². The maximum absolute atomic E-state index is 15.0. The van der Waals surface area contributed by atoms with Gasteiger partial charge in [-0.1, -0.05) is 66.6 Å². The van der Waals surface area contributed by atoms with E-state index in [2.05, 4.69) is 5.32 Å².